The number of ether oxygens (including phenoxy) is 1. The molecule has 4 rings (SSSR count). The summed E-state index contributed by atoms with van der Waals surface area (Å²) in [6.45, 7) is 3.84. The second-order valence-corrected chi connectivity index (χ2v) is 6.26. The van der Waals surface area contributed by atoms with E-state index in [0.717, 1.165) is 18.7 Å². The minimum atomic E-state index is -0.581. The summed E-state index contributed by atoms with van der Waals surface area (Å²) < 4.78 is 11.1. The zero-order chi connectivity index (χ0) is 15.3. The lowest BCUT2D eigenvalue weighted by Gasteiger charge is -2.42. The highest BCUT2D eigenvalue weighted by Gasteiger charge is 2.61. The van der Waals surface area contributed by atoms with Crippen molar-refractivity contribution in [3.63, 3.8) is 0 Å². The van der Waals surface area contributed by atoms with Crippen LogP contribution in [0.5, 0.6) is 0 Å². The van der Waals surface area contributed by atoms with Gasteiger partial charge in [0.1, 0.15) is 5.76 Å². The predicted molar refractivity (Wildman–Crippen MR) is 74.7 cm³/mol. The van der Waals surface area contributed by atoms with Gasteiger partial charge in [-0.25, -0.2) is 0 Å². The van der Waals surface area contributed by atoms with E-state index >= 15 is 0 Å². The summed E-state index contributed by atoms with van der Waals surface area (Å²) >= 11 is 0. The van der Waals surface area contributed by atoms with Gasteiger partial charge in [-0.1, -0.05) is 5.16 Å². The smallest absolute Gasteiger partial charge is 0.230 e. The fraction of sp³-hybridized carbons (Fsp3) is 0.667. The van der Waals surface area contributed by atoms with Crippen LogP contribution in [0.3, 0.4) is 0 Å². The third-order valence-corrected chi connectivity index (χ3v) is 4.93. The topological polar surface area (TPSA) is 75.9 Å². The first kappa shape index (κ1) is 13.8. The van der Waals surface area contributed by atoms with Gasteiger partial charge in [0.2, 0.25) is 11.8 Å². The molecule has 3 saturated heterocycles. The van der Waals surface area contributed by atoms with E-state index in [1.165, 1.54) is 0 Å². The molecule has 0 unspecified atom stereocenters. The summed E-state index contributed by atoms with van der Waals surface area (Å²) in [7, 11) is 0. The largest absolute Gasteiger partial charge is 0.361 e. The first-order chi connectivity index (χ1) is 10.6. The highest BCUT2D eigenvalue weighted by Crippen LogP contribution is 2.44. The van der Waals surface area contributed by atoms with Crippen LogP contribution < -0.4 is 0 Å². The molecule has 0 N–H and O–H groups in total. The van der Waals surface area contributed by atoms with Crippen LogP contribution in [0.15, 0.2) is 10.6 Å². The fourth-order valence-electron chi connectivity index (χ4n) is 4.00. The van der Waals surface area contributed by atoms with Crippen LogP contribution in [0.4, 0.5) is 0 Å². The van der Waals surface area contributed by atoms with Crippen molar-refractivity contribution >= 4 is 11.8 Å². The van der Waals surface area contributed by atoms with Crippen molar-refractivity contribution in [2.45, 2.75) is 44.4 Å². The molecule has 118 valence electrons. The molecule has 1 aromatic heterocycles. The third-order valence-electron chi connectivity index (χ3n) is 4.93. The van der Waals surface area contributed by atoms with Crippen molar-refractivity contribution in [2.75, 3.05) is 19.7 Å². The van der Waals surface area contributed by atoms with Crippen molar-refractivity contribution < 1.29 is 18.8 Å². The first-order valence-corrected chi connectivity index (χ1v) is 7.76. The van der Waals surface area contributed by atoms with Crippen LogP contribution in [0.25, 0.3) is 0 Å². The Morgan fingerprint density at radius 2 is 2.36 bits per heavy atom. The molecule has 0 aliphatic carbocycles. The monoisotopic (exact) mass is 305 g/mol. The lowest BCUT2D eigenvalue weighted by Crippen LogP contribution is -2.56. The van der Waals surface area contributed by atoms with E-state index in [-0.39, 0.29) is 24.3 Å². The van der Waals surface area contributed by atoms with Crippen LogP contribution in [-0.4, -0.2) is 58.2 Å². The average molecular weight is 305 g/mol. The molecule has 7 nitrogen and oxygen atoms in total. The molecule has 0 radical (unpaired) electrons. The van der Waals surface area contributed by atoms with E-state index < -0.39 is 5.72 Å². The average Bonchev–Trinajstić information content (AvgIpc) is 3.12. The molecule has 0 aromatic carbocycles. The number of carbonyl (C=O) groups excluding carboxylic acids is 2. The lowest BCUT2D eigenvalue weighted by molar-refractivity contribution is -0.181. The predicted octanol–water partition coefficient (Wildman–Crippen LogP) is 0.475. The number of hydrogen-bond acceptors (Lipinski definition) is 5. The highest BCUT2D eigenvalue weighted by molar-refractivity contribution is 5.85. The maximum atomic E-state index is 12.6. The summed E-state index contributed by atoms with van der Waals surface area (Å²) in [4.78, 5) is 28.5. The molecule has 1 aromatic rings. The number of rotatable bonds is 2. The molecule has 0 bridgehead atoms. The Kier molecular flexibility index (Phi) is 3.00. The minimum Gasteiger partial charge on any atom is -0.361 e. The molecule has 2 atom stereocenters. The second kappa shape index (κ2) is 4.81. The van der Waals surface area contributed by atoms with E-state index in [1.54, 1.807) is 11.0 Å². The lowest BCUT2D eigenvalue weighted by atomic mass is 10.0. The van der Waals surface area contributed by atoms with Gasteiger partial charge in [-0.3, -0.25) is 9.59 Å². The van der Waals surface area contributed by atoms with Crippen LogP contribution >= 0.6 is 0 Å². The normalized spacial score (nSPS) is 30.6. The zero-order valence-electron chi connectivity index (χ0n) is 12.6. The van der Waals surface area contributed by atoms with E-state index in [4.69, 9.17) is 9.26 Å². The van der Waals surface area contributed by atoms with Crippen molar-refractivity contribution in [3.05, 3.63) is 17.5 Å². The summed E-state index contributed by atoms with van der Waals surface area (Å²) in [5.41, 5.74) is 0.181. The first-order valence-electron chi connectivity index (χ1n) is 7.76. The summed E-state index contributed by atoms with van der Waals surface area (Å²) in [5, 5.41) is 3.81. The maximum absolute atomic E-state index is 12.6. The van der Waals surface area contributed by atoms with E-state index in [0.29, 0.717) is 31.8 Å². The van der Waals surface area contributed by atoms with Gasteiger partial charge in [-0.15, -0.1) is 0 Å². The van der Waals surface area contributed by atoms with Gasteiger partial charge in [0, 0.05) is 25.6 Å². The fourth-order valence-corrected chi connectivity index (χ4v) is 4.00. The van der Waals surface area contributed by atoms with Crippen LogP contribution in [0.2, 0.25) is 0 Å². The third kappa shape index (κ3) is 1.88. The zero-order valence-corrected chi connectivity index (χ0v) is 12.6. The molecular formula is C15H19N3O4. The Hall–Kier alpha value is -1.89. The van der Waals surface area contributed by atoms with Crippen molar-refractivity contribution in [3.8, 4) is 0 Å². The standard InChI is InChI=1S/C15H19N3O4/c1-10-7-11(22-16-10)8-13(19)17-5-3-15-12(17)9-14(20)18(15)4-2-6-21-15/h7,12H,2-6,8-9H2,1H3/t12-,15+/m1/s1. The van der Waals surface area contributed by atoms with Gasteiger partial charge in [0.25, 0.3) is 0 Å². The number of amides is 2. The Morgan fingerprint density at radius 3 is 3.14 bits per heavy atom. The van der Waals surface area contributed by atoms with E-state index in [1.807, 2.05) is 11.8 Å². The molecule has 3 fully saturated rings. The number of likely N-dealkylation sites (tertiary alicyclic amines) is 1. The molecule has 3 aliphatic heterocycles. The Morgan fingerprint density at radius 1 is 1.50 bits per heavy atom. The Balaban J connectivity index is 1.54. The maximum Gasteiger partial charge on any atom is 0.230 e. The second-order valence-electron chi connectivity index (χ2n) is 6.26. The van der Waals surface area contributed by atoms with Gasteiger partial charge < -0.3 is 19.1 Å². The molecular weight excluding hydrogens is 286 g/mol. The molecule has 7 heteroatoms. The van der Waals surface area contributed by atoms with Gasteiger partial charge in [-0.2, -0.15) is 0 Å². The number of carbonyl (C=O) groups is 2. The molecule has 1 spiro atoms. The molecule has 22 heavy (non-hydrogen) atoms. The highest BCUT2D eigenvalue weighted by atomic mass is 16.5. The number of aromatic nitrogens is 1. The minimum absolute atomic E-state index is 0.0261. The summed E-state index contributed by atoms with van der Waals surface area (Å²) in [6, 6.07) is 1.60. The molecule has 3 aliphatic rings. The number of hydrogen-bond donors (Lipinski definition) is 0. The summed E-state index contributed by atoms with van der Waals surface area (Å²) in [6.07, 6.45) is 2.11. The van der Waals surface area contributed by atoms with Gasteiger partial charge in [0.05, 0.1) is 31.2 Å². The Bertz CT molecular complexity index is 628. The van der Waals surface area contributed by atoms with E-state index in [9.17, 15) is 9.59 Å². The summed E-state index contributed by atoms with van der Waals surface area (Å²) in [5.74, 6) is 0.633. The number of aryl methyl sites for hydroxylation is 1. The van der Waals surface area contributed by atoms with Crippen molar-refractivity contribution in [1.29, 1.82) is 0 Å². The molecule has 2 amide bonds. The molecule has 0 saturated carbocycles. The number of nitrogens with zero attached hydrogens (tertiary/aromatic N) is 3. The van der Waals surface area contributed by atoms with Crippen molar-refractivity contribution in [1.82, 2.24) is 15.0 Å². The quantitative estimate of drug-likeness (QED) is 0.794. The van der Waals surface area contributed by atoms with Crippen LogP contribution in [-0.2, 0) is 20.7 Å². The van der Waals surface area contributed by atoms with Crippen LogP contribution in [0, 0.1) is 6.92 Å². The van der Waals surface area contributed by atoms with E-state index in [2.05, 4.69) is 5.16 Å². The molecule has 4 heterocycles. The van der Waals surface area contributed by atoms with Gasteiger partial charge >= 0.3 is 0 Å². The Labute approximate surface area is 128 Å². The van der Waals surface area contributed by atoms with Crippen LogP contribution in [0.1, 0.15) is 30.7 Å². The van der Waals surface area contributed by atoms with Gasteiger partial charge in [0.15, 0.2) is 5.72 Å². The van der Waals surface area contributed by atoms with Crippen molar-refractivity contribution in [2.24, 2.45) is 0 Å². The van der Waals surface area contributed by atoms with Gasteiger partial charge in [-0.05, 0) is 13.3 Å². The SMILES string of the molecule is Cc1cc(CC(=O)N2CC[C@@]34OCCCN3C(=O)C[C@@H]24)on1.